The Morgan fingerprint density at radius 2 is 1.96 bits per heavy atom. The van der Waals surface area contributed by atoms with Gasteiger partial charge in [-0.25, -0.2) is 9.97 Å². The highest BCUT2D eigenvalue weighted by Gasteiger charge is 2.15. The first-order valence-corrected chi connectivity index (χ1v) is 8.42. The molecule has 7 heteroatoms. The molecule has 0 saturated heterocycles. The van der Waals surface area contributed by atoms with Crippen molar-refractivity contribution in [2.45, 2.75) is 13.0 Å². The van der Waals surface area contributed by atoms with Crippen molar-refractivity contribution in [3.05, 3.63) is 65.6 Å². The van der Waals surface area contributed by atoms with Gasteiger partial charge in [-0.1, -0.05) is 23.7 Å². The molecule has 26 heavy (non-hydrogen) atoms. The minimum Gasteiger partial charge on any atom is -0.394 e. The van der Waals surface area contributed by atoms with E-state index in [1.165, 1.54) is 0 Å². The third-order valence-electron chi connectivity index (χ3n) is 3.67. The maximum Gasteiger partial charge on any atom is 0.270 e. The zero-order chi connectivity index (χ0) is 18.5. The molecule has 1 atom stereocenters. The molecule has 0 aliphatic carbocycles. The Hall–Kier alpha value is -2.83. The zero-order valence-electron chi connectivity index (χ0n) is 14.1. The smallest absolute Gasteiger partial charge is 0.270 e. The second-order valence-electron chi connectivity index (χ2n) is 5.77. The number of carbonyl (C=O) groups is 1. The molecule has 0 saturated carbocycles. The predicted molar refractivity (Wildman–Crippen MR) is 99.7 cm³/mol. The summed E-state index contributed by atoms with van der Waals surface area (Å²) in [5, 5.41) is 12.5. The molecular weight excluding hydrogens is 352 g/mol. The molecule has 0 radical (unpaired) electrons. The van der Waals surface area contributed by atoms with Gasteiger partial charge in [-0.3, -0.25) is 9.78 Å². The number of halogens is 1. The maximum absolute atomic E-state index is 12.5. The number of hydrogen-bond donors (Lipinski definition) is 2. The fourth-order valence-electron chi connectivity index (χ4n) is 2.30. The van der Waals surface area contributed by atoms with Crippen LogP contribution in [-0.4, -0.2) is 38.6 Å². The highest BCUT2D eigenvalue weighted by Crippen LogP contribution is 2.23. The number of nitrogens with one attached hydrogen (secondary N) is 1. The summed E-state index contributed by atoms with van der Waals surface area (Å²) in [6, 6.07) is 12.0. The molecule has 132 valence electrons. The highest BCUT2D eigenvalue weighted by molar-refractivity contribution is 6.30. The number of benzene rings is 1. The standard InChI is InChI=1S/C19H17ClN4O2/c1-12(11-25)22-19(26)17-9-16(13-4-6-15(20)7-5-13)23-18(24-17)14-3-2-8-21-10-14/h2-10,12,25H,11H2,1H3,(H,22,26)/t12-/m0/s1. The van der Waals surface area contributed by atoms with Crippen LogP contribution in [0.3, 0.4) is 0 Å². The van der Waals surface area contributed by atoms with E-state index in [0.29, 0.717) is 22.1 Å². The van der Waals surface area contributed by atoms with E-state index in [1.54, 1.807) is 43.6 Å². The molecule has 0 spiro atoms. The van der Waals surface area contributed by atoms with Crippen molar-refractivity contribution in [1.82, 2.24) is 20.3 Å². The van der Waals surface area contributed by atoms with E-state index >= 15 is 0 Å². The fraction of sp³-hybridized carbons (Fsp3) is 0.158. The molecule has 0 unspecified atom stereocenters. The Bertz CT molecular complexity index is 901. The van der Waals surface area contributed by atoms with Crippen LogP contribution in [0.25, 0.3) is 22.6 Å². The summed E-state index contributed by atoms with van der Waals surface area (Å²) in [7, 11) is 0. The van der Waals surface area contributed by atoms with E-state index in [9.17, 15) is 4.79 Å². The van der Waals surface area contributed by atoms with Gasteiger partial charge in [0.15, 0.2) is 5.82 Å². The monoisotopic (exact) mass is 368 g/mol. The summed E-state index contributed by atoms with van der Waals surface area (Å²) in [6.45, 7) is 1.55. The second-order valence-corrected chi connectivity index (χ2v) is 6.20. The van der Waals surface area contributed by atoms with Crippen LogP contribution in [0.5, 0.6) is 0 Å². The van der Waals surface area contributed by atoms with Crippen molar-refractivity contribution in [3.8, 4) is 22.6 Å². The molecule has 2 aromatic heterocycles. The number of amides is 1. The van der Waals surface area contributed by atoms with Crippen LogP contribution < -0.4 is 5.32 Å². The average molecular weight is 369 g/mol. The van der Waals surface area contributed by atoms with Crippen molar-refractivity contribution in [2.24, 2.45) is 0 Å². The molecule has 6 nitrogen and oxygen atoms in total. The maximum atomic E-state index is 12.5. The topological polar surface area (TPSA) is 88.0 Å². The summed E-state index contributed by atoms with van der Waals surface area (Å²) in [4.78, 5) is 25.5. The van der Waals surface area contributed by atoms with Crippen LogP contribution in [0.2, 0.25) is 5.02 Å². The van der Waals surface area contributed by atoms with Gasteiger partial charge in [-0.2, -0.15) is 0 Å². The number of hydrogen-bond acceptors (Lipinski definition) is 5. The lowest BCUT2D eigenvalue weighted by Gasteiger charge is -2.12. The van der Waals surface area contributed by atoms with Gasteiger partial charge in [0.05, 0.1) is 12.3 Å². The number of rotatable bonds is 5. The van der Waals surface area contributed by atoms with Gasteiger partial charge in [-0.05, 0) is 37.3 Å². The number of aromatic nitrogens is 3. The van der Waals surface area contributed by atoms with Crippen LogP contribution in [0.15, 0.2) is 54.9 Å². The molecule has 3 rings (SSSR count). The molecule has 2 heterocycles. The molecule has 0 bridgehead atoms. The summed E-state index contributed by atoms with van der Waals surface area (Å²) in [5.74, 6) is 0.0154. The highest BCUT2D eigenvalue weighted by atomic mass is 35.5. The Kier molecular flexibility index (Phi) is 5.55. The Morgan fingerprint density at radius 3 is 2.62 bits per heavy atom. The lowest BCUT2D eigenvalue weighted by Crippen LogP contribution is -2.35. The average Bonchev–Trinajstić information content (AvgIpc) is 2.68. The predicted octanol–water partition coefficient (Wildman–Crippen LogP) is 2.97. The largest absolute Gasteiger partial charge is 0.394 e. The van der Waals surface area contributed by atoms with Gasteiger partial charge in [0.1, 0.15) is 5.69 Å². The van der Waals surface area contributed by atoms with E-state index < -0.39 is 0 Å². The first-order valence-electron chi connectivity index (χ1n) is 8.04. The zero-order valence-corrected chi connectivity index (χ0v) is 14.8. The molecule has 1 amide bonds. The van der Waals surface area contributed by atoms with E-state index in [1.807, 2.05) is 18.2 Å². The van der Waals surface area contributed by atoms with Crippen molar-refractivity contribution in [2.75, 3.05) is 6.61 Å². The van der Waals surface area contributed by atoms with Crippen LogP contribution in [0.4, 0.5) is 0 Å². The normalized spacial score (nSPS) is 11.8. The van der Waals surface area contributed by atoms with E-state index in [-0.39, 0.29) is 24.2 Å². The summed E-state index contributed by atoms with van der Waals surface area (Å²) in [5.41, 5.74) is 2.32. The van der Waals surface area contributed by atoms with Crippen molar-refractivity contribution in [1.29, 1.82) is 0 Å². The number of aliphatic hydroxyl groups excluding tert-OH is 1. The number of carbonyl (C=O) groups excluding carboxylic acids is 1. The van der Waals surface area contributed by atoms with Crippen molar-refractivity contribution in [3.63, 3.8) is 0 Å². The molecule has 2 N–H and O–H groups in total. The lowest BCUT2D eigenvalue weighted by molar-refractivity contribution is 0.0917. The number of aliphatic hydroxyl groups is 1. The minimum atomic E-state index is -0.380. The number of nitrogens with zero attached hydrogens (tertiary/aromatic N) is 3. The van der Waals surface area contributed by atoms with Crippen LogP contribution >= 0.6 is 11.6 Å². The SMILES string of the molecule is C[C@@H](CO)NC(=O)c1cc(-c2ccc(Cl)cc2)nc(-c2cccnc2)n1. The van der Waals surface area contributed by atoms with Gasteiger partial charge >= 0.3 is 0 Å². The van der Waals surface area contributed by atoms with Gasteiger partial charge in [0.2, 0.25) is 0 Å². The van der Waals surface area contributed by atoms with Gasteiger partial charge in [0.25, 0.3) is 5.91 Å². The van der Waals surface area contributed by atoms with E-state index in [4.69, 9.17) is 16.7 Å². The first-order chi connectivity index (χ1) is 12.6. The third kappa shape index (κ3) is 4.22. The third-order valence-corrected chi connectivity index (χ3v) is 3.92. The van der Waals surface area contributed by atoms with E-state index in [2.05, 4.69) is 20.3 Å². The van der Waals surface area contributed by atoms with Crippen LogP contribution in [-0.2, 0) is 0 Å². The Morgan fingerprint density at radius 1 is 1.19 bits per heavy atom. The van der Waals surface area contributed by atoms with Crippen LogP contribution in [0.1, 0.15) is 17.4 Å². The number of pyridine rings is 1. The Labute approximate surface area is 155 Å². The van der Waals surface area contributed by atoms with E-state index in [0.717, 1.165) is 5.56 Å². The van der Waals surface area contributed by atoms with Gasteiger partial charge < -0.3 is 10.4 Å². The fourth-order valence-corrected chi connectivity index (χ4v) is 2.43. The molecule has 0 aliphatic heterocycles. The Balaban J connectivity index is 2.07. The van der Waals surface area contributed by atoms with Crippen molar-refractivity contribution < 1.29 is 9.90 Å². The molecule has 0 aliphatic rings. The van der Waals surface area contributed by atoms with Crippen molar-refractivity contribution >= 4 is 17.5 Å². The molecular formula is C19H17ClN4O2. The summed E-state index contributed by atoms with van der Waals surface area (Å²) in [6.07, 6.45) is 3.29. The second kappa shape index (κ2) is 8.03. The molecule has 3 aromatic rings. The quantitative estimate of drug-likeness (QED) is 0.722. The van der Waals surface area contributed by atoms with Gasteiger partial charge in [0, 0.05) is 34.6 Å². The summed E-state index contributed by atoms with van der Waals surface area (Å²) >= 11 is 5.95. The molecule has 1 aromatic carbocycles. The molecule has 0 fully saturated rings. The van der Waals surface area contributed by atoms with Crippen LogP contribution in [0, 0.1) is 0 Å². The van der Waals surface area contributed by atoms with Gasteiger partial charge in [-0.15, -0.1) is 0 Å². The lowest BCUT2D eigenvalue weighted by atomic mass is 10.1. The first kappa shape index (κ1) is 18.0. The minimum absolute atomic E-state index is 0.156. The summed E-state index contributed by atoms with van der Waals surface area (Å²) < 4.78 is 0.